The Bertz CT molecular complexity index is 738. The summed E-state index contributed by atoms with van der Waals surface area (Å²) in [4.78, 5) is 23.6. The number of para-hydroxylation sites is 1. The number of anilines is 1. The summed E-state index contributed by atoms with van der Waals surface area (Å²) in [6.07, 6.45) is 2.52. The predicted molar refractivity (Wildman–Crippen MR) is 93.9 cm³/mol. The number of ether oxygens (including phenoxy) is 1. The largest absolute Gasteiger partial charge is 0.480 e. The molecule has 3 rings (SSSR count). The molecule has 1 aliphatic rings. The number of rotatable bonds is 5. The van der Waals surface area contributed by atoms with Crippen molar-refractivity contribution in [2.75, 3.05) is 5.32 Å². The van der Waals surface area contributed by atoms with E-state index in [-0.39, 0.29) is 0 Å². The van der Waals surface area contributed by atoms with Gasteiger partial charge in [0.2, 0.25) is 0 Å². The molecule has 1 aliphatic carbocycles. The molecule has 2 aromatic carbocycles. The fourth-order valence-electron chi connectivity index (χ4n) is 2.98. The minimum atomic E-state index is -1.15. The van der Waals surface area contributed by atoms with E-state index >= 15 is 0 Å². The second kappa shape index (κ2) is 7.25. The molecule has 0 aliphatic heterocycles. The van der Waals surface area contributed by atoms with E-state index in [1.165, 1.54) is 0 Å². The van der Waals surface area contributed by atoms with E-state index in [0.717, 1.165) is 18.6 Å². The Kier molecular flexibility index (Phi) is 4.88. The maximum absolute atomic E-state index is 12.1. The van der Waals surface area contributed by atoms with Crippen molar-refractivity contribution >= 4 is 17.7 Å². The van der Waals surface area contributed by atoms with Gasteiger partial charge in [-0.3, -0.25) is 0 Å². The average Bonchev–Trinajstić information content (AvgIpc) is 3.07. The van der Waals surface area contributed by atoms with Gasteiger partial charge in [0.05, 0.1) is 0 Å². The number of hydrogen-bond donors (Lipinski definition) is 3. The first-order valence-corrected chi connectivity index (χ1v) is 8.23. The molecule has 3 N–H and O–H groups in total. The van der Waals surface area contributed by atoms with Crippen molar-refractivity contribution in [3.8, 4) is 11.5 Å². The molecule has 0 heterocycles. The minimum absolute atomic E-state index is 0.458. The third kappa shape index (κ3) is 4.09. The number of carbonyl (C=O) groups is 2. The van der Waals surface area contributed by atoms with E-state index in [2.05, 4.69) is 10.6 Å². The molecule has 25 heavy (non-hydrogen) atoms. The van der Waals surface area contributed by atoms with Crippen LogP contribution < -0.4 is 15.4 Å². The van der Waals surface area contributed by atoms with Crippen molar-refractivity contribution < 1.29 is 19.4 Å². The van der Waals surface area contributed by atoms with Gasteiger partial charge in [-0.2, -0.15) is 0 Å². The van der Waals surface area contributed by atoms with Crippen LogP contribution in [0.25, 0.3) is 0 Å². The molecule has 0 bridgehead atoms. The first-order valence-electron chi connectivity index (χ1n) is 8.23. The molecular formula is C19H20N2O4. The van der Waals surface area contributed by atoms with Gasteiger partial charge in [0.25, 0.3) is 0 Å². The van der Waals surface area contributed by atoms with Crippen molar-refractivity contribution in [2.24, 2.45) is 0 Å². The third-order valence-corrected chi connectivity index (χ3v) is 4.31. The van der Waals surface area contributed by atoms with Gasteiger partial charge in [-0.05, 0) is 49.2 Å². The molecule has 0 unspecified atom stereocenters. The first kappa shape index (κ1) is 16.8. The standard InChI is InChI=1S/C19H20N2O4/c22-17(23)19(12-4-5-13-19)21-18(24)20-14-8-10-16(11-9-14)25-15-6-2-1-3-7-15/h1-3,6-11H,4-5,12-13H2,(H,22,23)(H2,20,21,24). The van der Waals surface area contributed by atoms with Crippen LogP contribution in [0.5, 0.6) is 11.5 Å². The van der Waals surface area contributed by atoms with Crippen LogP contribution in [0.4, 0.5) is 10.5 Å². The topological polar surface area (TPSA) is 87.7 Å². The lowest BCUT2D eigenvalue weighted by atomic mass is 9.98. The zero-order valence-corrected chi connectivity index (χ0v) is 13.7. The molecule has 1 saturated carbocycles. The normalized spacial score (nSPS) is 15.4. The van der Waals surface area contributed by atoms with Crippen LogP contribution in [0, 0.1) is 0 Å². The van der Waals surface area contributed by atoms with Crippen LogP contribution in [-0.2, 0) is 4.79 Å². The van der Waals surface area contributed by atoms with Gasteiger partial charge in [-0.25, -0.2) is 9.59 Å². The molecule has 0 spiro atoms. The van der Waals surface area contributed by atoms with Crippen molar-refractivity contribution in [3.05, 3.63) is 54.6 Å². The quantitative estimate of drug-likeness (QED) is 0.768. The van der Waals surface area contributed by atoms with Crippen LogP contribution in [0.1, 0.15) is 25.7 Å². The lowest BCUT2D eigenvalue weighted by Crippen LogP contribution is -2.53. The number of urea groups is 1. The summed E-state index contributed by atoms with van der Waals surface area (Å²) < 4.78 is 5.69. The zero-order chi connectivity index (χ0) is 17.7. The van der Waals surface area contributed by atoms with E-state index in [1.807, 2.05) is 30.3 Å². The van der Waals surface area contributed by atoms with Crippen molar-refractivity contribution in [2.45, 2.75) is 31.2 Å². The summed E-state index contributed by atoms with van der Waals surface area (Å²) in [6, 6.07) is 15.8. The number of carboxylic acids is 1. The fraction of sp³-hybridized carbons (Fsp3) is 0.263. The van der Waals surface area contributed by atoms with Crippen LogP contribution in [0.2, 0.25) is 0 Å². The van der Waals surface area contributed by atoms with Crippen LogP contribution in [0.15, 0.2) is 54.6 Å². The number of benzene rings is 2. The molecule has 1 fully saturated rings. The Balaban J connectivity index is 1.59. The summed E-state index contributed by atoms with van der Waals surface area (Å²) in [5.74, 6) is 0.396. The summed E-state index contributed by atoms with van der Waals surface area (Å²) in [7, 11) is 0. The smallest absolute Gasteiger partial charge is 0.329 e. The zero-order valence-electron chi connectivity index (χ0n) is 13.7. The SMILES string of the molecule is O=C(Nc1ccc(Oc2ccccc2)cc1)NC1(C(=O)O)CCCC1. The molecule has 0 atom stereocenters. The molecule has 130 valence electrons. The summed E-state index contributed by atoms with van der Waals surface area (Å²) in [5.41, 5.74) is -0.586. The summed E-state index contributed by atoms with van der Waals surface area (Å²) in [6.45, 7) is 0. The monoisotopic (exact) mass is 340 g/mol. The lowest BCUT2D eigenvalue weighted by molar-refractivity contribution is -0.144. The van der Waals surface area contributed by atoms with Crippen LogP contribution in [0.3, 0.4) is 0 Å². The Labute approximate surface area is 145 Å². The summed E-state index contributed by atoms with van der Waals surface area (Å²) in [5, 5.41) is 14.7. The highest BCUT2D eigenvalue weighted by atomic mass is 16.5. The maximum atomic E-state index is 12.1. The predicted octanol–water partition coefficient (Wildman–Crippen LogP) is 4.00. The Morgan fingerprint density at radius 3 is 2.12 bits per heavy atom. The van der Waals surface area contributed by atoms with Gasteiger partial charge in [0, 0.05) is 5.69 Å². The van der Waals surface area contributed by atoms with E-state index < -0.39 is 17.5 Å². The van der Waals surface area contributed by atoms with Crippen molar-refractivity contribution in [1.82, 2.24) is 5.32 Å². The molecule has 2 aromatic rings. The number of carbonyl (C=O) groups excluding carboxylic acids is 1. The molecule has 6 heteroatoms. The Morgan fingerprint density at radius 1 is 0.920 bits per heavy atom. The highest BCUT2D eigenvalue weighted by Crippen LogP contribution is 2.30. The molecular weight excluding hydrogens is 320 g/mol. The molecule has 0 radical (unpaired) electrons. The molecule has 6 nitrogen and oxygen atoms in total. The number of amides is 2. The highest BCUT2D eigenvalue weighted by Gasteiger charge is 2.42. The third-order valence-electron chi connectivity index (χ3n) is 4.31. The van der Waals surface area contributed by atoms with Crippen molar-refractivity contribution in [3.63, 3.8) is 0 Å². The minimum Gasteiger partial charge on any atom is -0.480 e. The second-order valence-electron chi connectivity index (χ2n) is 6.11. The van der Waals surface area contributed by atoms with Gasteiger partial charge in [-0.15, -0.1) is 0 Å². The van der Waals surface area contributed by atoms with Gasteiger partial charge in [0.15, 0.2) is 0 Å². The molecule has 2 amide bonds. The summed E-state index contributed by atoms with van der Waals surface area (Å²) >= 11 is 0. The van der Waals surface area contributed by atoms with E-state index in [4.69, 9.17) is 4.74 Å². The number of aliphatic carboxylic acids is 1. The van der Waals surface area contributed by atoms with Crippen molar-refractivity contribution in [1.29, 1.82) is 0 Å². The Morgan fingerprint density at radius 2 is 1.52 bits per heavy atom. The van der Waals surface area contributed by atoms with Gasteiger partial charge in [-0.1, -0.05) is 31.0 Å². The van der Waals surface area contributed by atoms with E-state index in [1.54, 1.807) is 24.3 Å². The average molecular weight is 340 g/mol. The number of nitrogens with one attached hydrogen (secondary N) is 2. The molecule has 0 aromatic heterocycles. The second-order valence-corrected chi connectivity index (χ2v) is 6.11. The van der Waals surface area contributed by atoms with E-state index in [9.17, 15) is 14.7 Å². The maximum Gasteiger partial charge on any atom is 0.329 e. The fourth-order valence-corrected chi connectivity index (χ4v) is 2.98. The van der Waals surface area contributed by atoms with Crippen LogP contribution >= 0.6 is 0 Å². The highest BCUT2D eigenvalue weighted by molar-refractivity contribution is 5.94. The van der Waals surface area contributed by atoms with Gasteiger partial charge in [0.1, 0.15) is 17.0 Å². The van der Waals surface area contributed by atoms with Crippen LogP contribution in [-0.4, -0.2) is 22.6 Å². The number of carboxylic acid groups (broad SMARTS) is 1. The van der Waals surface area contributed by atoms with E-state index in [0.29, 0.717) is 24.3 Å². The van der Waals surface area contributed by atoms with Gasteiger partial charge < -0.3 is 20.5 Å². The Hall–Kier alpha value is -3.02. The molecule has 0 saturated heterocycles. The number of hydrogen-bond acceptors (Lipinski definition) is 3. The first-order chi connectivity index (χ1) is 12.1. The lowest BCUT2D eigenvalue weighted by Gasteiger charge is -2.25. The van der Waals surface area contributed by atoms with Gasteiger partial charge >= 0.3 is 12.0 Å².